The molecule has 11 heteroatoms. The lowest BCUT2D eigenvalue weighted by Crippen LogP contribution is -2.17. The van der Waals surface area contributed by atoms with Crippen molar-refractivity contribution < 1.29 is 9.85 Å². The summed E-state index contributed by atoms with van der Waals surface area (Å²) in [6.07, 6.45) is 0. The summed E-state index contributed by atoms with van der Waals surface area (Å²) >= 11 is 0. The van der Waals surface area contributed by atoms with Gasteiger partial charge in [-0.05, 0) is 50.1 Å². The zero-order valence-corrected chi connectivity index (χ0v) is 16.4. The van der Waals surface area contributed by atoms with Crippen molar-refractivity contribution in [3.8, 4) is 5.69 Å². The Hall–Kier alpha value is -4.15. The van der Waals surface area contributed by atoms with Crippen LogP contribution in [0.5, 0.6) is 0 Å². The van der Waals surface area contributed by atoms with Crippen LogP contribution in [0.1, 0.15) is 22.4 Å². The first kappa shape index (κ1) is 20.6. The SMILES string of the molecule is Cc1ccc(-n2[nH]c(C)c(CN=Nc3ccc([N+](=O)[O-])cc3[N+](=O)[O-])c2=O)cc1C. The number of nitro groups is 2. The number of hydrogen-bond acceptors (Lipinski definition) is 7. The molecule has 30 heavy (non-hydrogen) atoms. The Labute approximate surface area is 170 Å². The molecule has 11 nitrogen and oxygen atoms in total. The molecule has 0 amide bonds. The summed E-state index contributed by atoms with van der Waals surface area (Å²) < 4.78 is 1.40. The van der Waals surface area contributed by atoms with Gasteiger partial charge >= 0.3 is 5.69 Å². The van der Waals surface area contributed by atoms with Crippen LogP contribution in [0.15, 0.2) is 51.4 Å². The van der Waals surface area contributed by atoms with Crippen molar-refractivity contribution in [3.63, 3.8) is 0 Å². The molecule has 0 saturated heterocycles. The molecule has 0 bridgehead atoms. The maximum Gasteiger partial charge on any atom is 0.303 e. The van der Waals surface area contributed by atoms with Gasteiger partial charge in [-0.2, -0.15) is 5.11 Å². The molecule has 1 N–H and O–H groups in total. The molecule has 1 heterocycles. The number of aromatic amines is 1. The van der Waals surface area contributed by atoms with Crippen molar-refractivity contribution in [3.05, 3.63) is 89.4 Å². The van der Waals surface area contributed by atoms with Crippen molar-refractivity contribution in [2.24, 2.45) is 10.2 Å². The average molecular weight is 410 g/mol. The highest BCUT2D eigenvalue weighted by Gasteiger charge is 2.19. The van der Waals surface area contributed by atoms with Gasteiger partial charge in [0.15, 0.2) is 5.69 Å². The predicted molar refractivity (Wildman–Crippen MR) is 109 cm³/mol. The number of non-ortho nitro benzene ring substituents is 1. The van der Waals surface area contributed by atoms with Crippen molar-refractivity contribution in [1.82, 2.24) is 9.78 Å². The molecule has 3 aromatic rings. The van der Waals surface area contributed by atoms with Gasteiger partial charge in [-0.1, -0.05) is 6.07 Å². The molecule has 0 saturated carbocycles. The van der Waals surface area contributed by atoms with Crippen LogP contribution in [-0.2, 0) is 6.54 Å². The third kappa shape index (κ3) is 3.99. The van der Waals surface area contributed by atoms with Crippen LogP contribution >= 0.6 is 0 Å². The summed E-state index contributed by atoms with van der Waals surface area (Å²) in [6.45, 7) is 5.54. The molecule has 0 unspecified atom stereocenters. The number of aryl methyl sites for hydroxylation is 3. The molecule has 3 rings (SSSR count). The van der Waals surface area contributed by atoms with Crippen LogP contribution in [-0.4, -0.2) is 19.6 Å². The molecular weight excluding hydrogens is 392 g/mol. The lowest BCUT2D eigenvalue weighted by atomic mass is 10.1. The van der Waals surface area contributed by atoms with Gasteiger partial charge in [-0.25, -0.2) is 4.68 Å². The molecule has 0 radical (unpaired) electrons. The number of nitro benzene ring substituents is 2. The van der Waals surface area contributed by atoms with Crippen LogP contribution < -0.4 is 5.56 Å². The van der Waals surface area contributed by atoms with E-state index in [-0.39, 0.29) is 17.8 Å². The number of azo groups is 1. The van der Waals surface area contributed by atoms with E-state index in [0.29, 0.717) is 16.9 Å². The van der Waals surface area contributed by atoms with E-state index in [0.717, 1.165) is 29.3 Å². The zero-order chi connectivity index (χ0) is 22.0. The summed E-state index contributed by atoms with van der Waals surface area (Å²) in [7, 11) is 0. The standard InChI is InChI=1S/C19H18N6O5/c1-11-4-5-14(8-12(11)2)23-19(26)16(13(3)22-23)10-20-21-17-7-6-15(24(27)28)9-18(17)25(29)30/h4-9,22H,10H2,1-3H3. The molecule has 0 aliphatic rings. The smallest absolute Gasteiger partial charge is 0.295 e. The van der Waals surface area contributed by atoms with Gasteiger partial charge < -0.3 is 0 Å². The Morgan fingerprint density at radius 2 is 1.73 bits per heavy atom. The van der Waals surface area contributed by atoms with Gasteiger partial charge in [-0.3, -0.25) is 30.1 Å². The highest BCUT2D eigenvalue weighted by atomic mass is 16.6. The number of nitrogens with one attached hydrogen (secondary N) is 1. The van der Waals surface area contributed by atoms with Gasteiger partial charge in [0.05, 0.1) is 33.7 Å². The number of hydrogen-bond donors (Lipinski definition) is 1. The Bertz CT molecular complexity index is 1240. The van der Waals surface area contributed by atoms with Crippen LogP contribution in [0.25, 0.3) is 5.69 Å². The van der Waals surface area contributed by atoms with Crippen molar-refractivity contribution in [2.45, 2.75) is 27.3 Å². The van der Waals surface area contributed by atoms with E-state index in [4.69, 9.17) is 0 Å². The molecule has 0 spiro atoms. The fourth-order valence-electron chi connectivity index (χ4n) is 2.85. The summed E-state index contributed by atoms with van der Waals surface area (Å²) in [5.74, 6) is 0. The van der Waals surface area contributed by atoms with Crippen molar-refractivity contribution in [2.75, 3.05) is 0 Å². The third-order valence-electron chi connectivity index (χ3n) is 4.72. The summed E-state index contributed by atoms with van der Waals surface area (Å²) in [4.78, 5) is 33.3. The Balaban J connectivity index is 1.90. The molecule has 0 aliphatic carbocycles. The fourth-order valence-corrected chi connectivity index (χ4v) is 2.85. The van der Waals surface area contributed by atoms with Crippen LogP contribution in [0.4, 0.5) is 17.1 Å². The molecular formula is C19H18N6O5. The predicted octanol–water partition coefficient (Wildman–Crippen LogP) is 4.19. The summed E-state index contributed by atoms with van der Waals surface area (Å²) in [5.41, 5.74) is 2.40. The Morgan fingerprint density at radius 3 is 2.37 bits per heavy atom. The second-order valence-corrected chi connectivity index (χ2v) is 6.71. The second-order valence-electron chi connectivity index (χ2n) is 6.71. The van der Waals surface area contributed by atoms with Crippen LogP contribution in [0.2, 0.25) is 0 Å². The minimum Gasteiger partial charge on any atom is -0.295 e. The highest BCUT2D eigenvalue weighted by molar-refractivity contribution is 5.61. The number of aromatic nitrogens is 2. The summed E-state index contributed by atoms with van der Waals surface area (Å²) in [6, 6.07) is 8.71. The molecule has 2 aromatic carbocycles. The number of benzene rings is 2. The van der Waals surface area contributed by atoms with E-state index in [9.17, 15) is 25.0 Å². The van der Waals surface area contributed by atoms with Gasteiger partial charge in [0.1, 0.15) is 0 Å². The van der Waals surface area contributed by atoms with E-state index < -0.39 is 21.2 Å². The van der Waals surface area contributed by atoms with E-state index in [2.05, 4.69) is 15.3 Å². The monoisotopic (exact) mass is 410 g/mol. The minimum absolute atomic E-state index is 0.104. The van der Waals surface area contributed by atoms with Gasteiger partial charge in [0, 0.05) is 11.8 Å². The normalized spacial score (nSPS) is 11.2. The second kappa shape index (κ2) is 8.07. The van der Waals surface area contributed by atoms with E-state index in [1.807, 2.05) is 32.0 Å². The number of H-pyrrole nitrogens is 1. The Morgan fingerprint density at radius 1 is 1.00 bits per heavy atom. The van der Waals surface area contributed by atoms with Gasteiger partial charge in [0.2, 0.25) is 0 Å². The first-order chi connectivity index (χ1) is 14.2. The van der Waals surface area contributed by atoms with E-state index >= 15 is 0 Å². The molecule has 0 atom stereocenters. The molecule has 154 valence electrons. The minimum atomic E-state index is -0.768. The average Bonchev–Trinajstić information content (AvgIpc) is 2.98. The fraction of sp³-hybridized carbons (Fsp3) is 0.211. The number of nitrogens with zero attached hydrogens (tertiary/aromatic N) is 5. The lowest BCUT2D eigenvalue weighted by Gasteiger charge is -2.05. The summed E-state index contributed by atoms with van der Waals surface area (Å²) in [5, 5.41) is 32.7. The van der Waals surface area contributed by atoms with E-state index in [1.165, 1.54) is 4.68 Å². The van der Waals surface area contributed by atoms with Crippen molar-refractivity contribution in [1.29, 1.82) is 0 Å². The van der Waals surface area contributed by atoms with Crippen LogP contribution in [0, 0.1) is 41.0 Å². The zero-order valence-electron chi connectivity index (χ0n) is 16.4. The number of rotatable bonds is 6. The van der Waals surface area contributed by atoms with Crippen molar-refractivity contribution >= 4 is 17.1 Å². The highest BCUT2D eigenvalue weighted by Crippen LogP contribution is 2.31. The lowest BCUT2D eigenvalue weighted by molar-refractivity contribution is -0.393. The first-order valence-electron chi connectivity index (χ1n) is 8.87. The van der Waals surface area contributed by atoms with Gasteiger partial charge in [0.25, 0.3) is 11.2 Å². The largest absolute Gasteiger partial charge is 0.303 e. The van der Waals surface area contributed by atoms with Gasteiger partial charge in [-0.15, -0.1) is 5.11 Å². The van der Waals surface area contributed by atoms with Crippen LogP contribution in [0.3, 0.4) is 0 Å². The molecule has 0 aliphatic heterocycles. The third-order valence-corrected chi connectivity index (χ3v) is 4.72. The molecule has 1 aromatic heterocycles. The maximum absolute atomic E-state index is 12.8. The maximum atomic E-state index is 12.8. The molecule has 0 fully saturated rings. The quantitative estimate of drug-likeness (QED) is 0.367. The van der Waals surface area contributed by atoms with E-state index in [1.54, 1.807) is 6.92 Å². The Kier molecular flexibility index (Phi) is 5.54. The first-order valence-corrected chi connectivity index (χ1v) is 8.87. The topological polar surface area (TPSA) is 149 Å².